The van der Waals surface area contributed by atoms with Gasteiger partial charge >= 0.3 is 0 Å². The predicted octanol–water partition coefficient (Wildman–Crippen LogP) is 1.45. The smallest absolute Gasteiger partial charge is 0.261 e. The molecule has 5 nitrogen and oxygen atoms in total. The lowest BCUT2D eigenvalue weighted by atomic mass is 10.0. The first-order chi connectivity index (χ1) is 9.32. The first kappa shape index (κ1) is 14.5. The van der Waals surface area contributed by atoms with Gasteiger partial charge < -0.3 is 10.6 Å². The van der Waals surface area contributed by atoms with Crippen LogP contribution in [0.3, 0.4) is 0 Å². The van der Waals surface area contributed by atoms with Crippen molar-refractivity contribution in [2.45, 2.75) is 19.9 Å². The second-order valence-corrected chi connectivity index (χ2v) is 5.86. The third-order valence-corrected chi connectivity index (χ3v) is 3.60. The Labute approximate surface area is 119 Å². The Hall–Kier alpha value is -1.88. The molecule has 108 valence electrons. The van der Waals surface area contributed by atoms with E-state index in [-0.39, 0.29) is 23.8 Å². The Bertz CT molecular complexity index is 552. The molecule has 20 heavy (non-hydrogen) atoms. The van der Waals surface area contributed by atoms with Gasteiger partial charge in [0.1, 0.15) is 0 Å². The van der Waals surface area contributed by atoms with E-state index in [9.17, 15) is 9.59 Å². The monoisotopic (exact) mass is 275 g/mol. The highest BCUT2D eigenvalue weighted by molar-refractivity contribution is 6.22. The largest absolute Gasteiger partial charge is 0.399 e. The number of nitrogen functional groups attached to an aromatic ring is 1. The van der Waals surface area contributed by atoms with Crippen molar-refractivity contribution in [1.29, 1.82) is 0 Å². The molecule has 0 radical (unpaired) electrons. The average Bonchev–Trinajstić information content (AvgIpc) is 2.58. The van der Waals surface area contributed by atoms with Crippen molar-refractivity contribution in [3.63, 3.8) is 0 Å². The summed E-state index contributed by atoms with van der Waals surface area (Å²) >= 11 is 0. The minimum atomic E-state index is -0.238. The Morgan fingerprint density at radius 3 is 2.30 bits per heavy atom. The van der Waals surface area contributed by atoms with Crippen molar-refractivity contribution in [3.8, 4) is 0 Å². The summed E-state index contributed by atoms with van der Waals surface area (Å²) in [7, 11) is 3.87. The SMILES string of the molecule is CC(C)C(CN(C)C)N1C(=O)c2ccc(N)cc2C1=O. The fraction of sp³-hybridized carbons (Fsp3) is 0.467. The summed E-state index contributed by atoms with van der Waals surface area (Å²) in [5.41, 5.74) is 7.08. The number of benzene rings is 1. The third-order valence-electron chi connectivity index (χ3n) is 3.60. The molecular formula is C15H21N3O2. The quantitative estimate of drug-likeness (QED) is 0.667. The number of carbonyl (C=O) groups excluding carboxylic acids is 2. The molecule has 0 bridgehead atoms. The number of nitrogens with two attached hydrogens (primary N) is 1. The molecule has 0 aliphatic carbocycles. The normalized spacial score (nSPS) is 16.2. The van der Waals surface area contributed by atoms with Crippen LogP contribution in [0.2, 0.25) is 0 Å². The molecule has 2 N–H and O–H groups in total. The van der Waals surface area contributed by atoms with Crippen LogP contribution in [0.1, 0.15) is 34.6 Å². The summed E-state index contributed by atoms with van der Waals surface area (Å²) in [6, 6.07) is 4.74. The van der Waals surface area contributed by atoms with Gasteiger partial charge in [-0.2, -0.15) is 0 Å². The fourth-order valence-electron chi connectivity index (χ4n) is 2.54. The average molecular weight is 275 g/mol. The molecule has 1 aliphatic heterocycles. The van der Waals surface area contributed by atoms with Crippen molar-refractivity contribution in [2.24, 2.45) is 5.92 Å². The van der Waals surface area contributed by atoms with E-state index in [2.05, 4.69) is 0 Å². The summed E-state index contributed by atoms with van der Waals surface area (Å²) in [6.45, 7) is 4.69. The maximum atomic E-state index is 12.5. The molecular weight excluding hydrogens is 254 g/mol. The highest BCUT2D eigenvalue weighted by atomic mass is 16.2. The molecule has 1 atom stereocenters. The van der Waals surface area contributed by atoms with Crippen LogP contribution in [-0.4, -0.2) is 48.3 Å². The molecule has 5 heteroatoms. The lowest BCUT2D eigenvalue weighted by molar-refractivity contribution is 0.0509. The first-order valence-corrected chi connectivity index (χ1v) is 6.75. The van der Waals surface area contributed by atoms with Crippen molar-refractivity contribution in [3.05, 3.63) is 29.3 Å². The fourth-order valence-corrected chi connectivity index (χ4v) is 2.54. The molecule has 2 rings (SSSR count). The number of rotatable bonds is 4. The standard InChI is InChI=1S/C15H21N3O2/c1-9(2)13(8-17(3)4)18-14(19)11-6-5-10(16)7-12(11)15(18)20/h5-7,9,13H,8,16H2,1-4H3. The van der Waals surface area contributed by atoms with E-state index in [4.69, 9.17) is 5.73 Å². The number of likely N-dealkylation sites (N-methyl/N-ethyl adjacent to an activating group) is 1. The van der Waals surface area contributed by atoms with E-state index in [1.165, 1.54) is 4.90 Å². The molecule has 0 fully saturated rings. The number of carbonyl (C=O) groups is 2. The molecule has 0 aromatic heterocycles. The van der Waals surface area contributed by atoms with Gasteiger partial charge in [-0.15, -0.1) is 0 Å². The number of hydrogen-bond acceptors (Lipinski definition) is 4. The molecule has 1 aromatic rings. The van der Waals surface area contributed by atoms with Crippen LogP contribution in [0.15, 0.2) is 18.2 Å². The number of nitrogens with zero attached hydrogens (tertiary/aromatic N) is 2. The summed E-state index contributed by atoms with van der Waals surface area (Å²) in [5, 5.41) is 0. The van der Waals surface area contributed by atoms with Crippen molar-refractivity contribution in [2.75, 3.05) is 26.4 Å². The van der Waals surface area contributed by atoms with E-state index < -0.39 is 0 Å². The van der Waals surface area contributed by atoms with Gasteiger partial charge in [0.25, 0.3) is 11.8 Å². The van der Waals surface area contributed by atoms with Crippen molar-refractivity contribution < 1.29 is 9.59 Å². The van der Waals surface area contributed by atoms with E-state index in [0.717, 1.165) is 0 Å². The molecule has 2 amide bonds. The Balaban J connectivity index is 2.40. The summed E-state index contributed by atoms with van der Waals surface area (Å²) in [6.07, 6.45) is 0. The van der Waals surface area contributed by atoms with E-state index in [1.54, 1.807) is 18.2 Å². The zero-order chi connectivity index (χ0) is 15.0. The number of hydrogen-bond donors (Lipinski definition) is 1. The molecule has 1 unspecified atom stereocenters. The number of anilines is 1. The zero-order valence-electron chi connectivity index (χ0n) is 12.4. The highest BCUT2D eigenvalue weighted by Gasteiger charge is 2.41. The van der Waals surface area contributed by atoms with Crippen LogP contribution < -0.4 is 5.73 Å². The number of imide groups is 1. The Morgan fingerprint density at radius 1 is 1.15 bits per heavy atom. The van der Waals surface area contributed by atoms with Crippen LogP contribution in [0.25, 0.3) is 0 Å². The second kappa shape index (κ2) is 5.25. The Morgan fingerprint density at radius 2 is 1.75 bits per heavy atom. The van der Waals surface area contributed by atoms with E-state index >= 15 is 0 Å². The number of amides is 2. The van der Waals surface area contributed by atoms with Gasteiger partial charge in [-0.05, 0) is 38.2 Å². The van der Waals surface area contributed by atoms with Crippen molar-refractivity contribution in [1.82, 2.24) is 9.80 Å². The van der Waals surface area contributed by atoms with E-state index in [0.29, 0.717) is 23.4 Å². The Kier molecular flexibility index (Phi) is 3.81. The minimum absolute atomic E-state index is 0.140. The van der Waals surface area contributed by atoms with Gasteiger partial charge in [0.2, 0.25) is 0 Å². The highest BCUT2D eigenvalue weighted by Crippen LogP contribution is 2.28. The molecule has 0 saturated carbocycles. The van der Waals surface area contributed by atoms with Crippen LogP contribution in [0.4, 0.5) is 5.69 Å². The van der Waals surface area contributed by atoms with Crippen molar-refractivity contribution >= 4 is 17.5 Å². The maximum absolute atomic E-state index is 12.5. The number of fused-ring (bicyclic) bond motifs is 1. The van der Waals surface area contributed by atoms with Crippen LogP contribution in [0, 0.1) is 5.92 Å². The summed E-state index contributed by atoms with van der Waals surface area (Å²) in [5.74, 6) is -0.264. The second-order valence-electron chi connectivity index (χ2n) is 5.86. The predicted molar refractivity (Wildman–Crippen MR) is 78.5 cm³/mol. The third kappa shape index (κ3) is 2.41. The van der Waals surface area contributed by atoms with Gasteiger partial charge in [0, 0.05) is 12.2 Å². The van der Waals surface area contributed by atoms with Gasteiger partial charge in [0.05, 0.1) is 17.2 Å². The molecule has 1 aromatic carbocycles. The van der Waals surface area contributed by atoms with Gasteiger partial charge in [-0.3, -0.25) is 14.5 Å². The molecule has 0 saturated heterocycles. The summed E-state index contributed by atoms with van der Waals surface area (Å²) < 4.78 is 0. The topological polar surface area (TPSA) is 66.6 Å². The van der Waals surface area contributed by atoms with Gasteiger partial charge in [0.15, 0.2) is 0 Å². The van der Waals surface area contributed by atoms with Gasteiger partial charge in [-0.1, -0.05) is 13.8 Å². The molecule has 1 aliphatic rings. The van der Waals surface area contributed by atoms with Gasteiger partial charge in [-0.25, -0.2) is 0 Å². The molecule has 1 heterocycles. The lowest BCUT2D eigenvalue weighted by Crippen LogP contribution is -2.48. The minimum Gasteiger partial charge on any atom is -0.399 e. The lowest BCUT2D eigenvalue weighted by Gasteiger charge is -2.31. The van der Waals surface area contributed by atoms with E-state index in [1.807, 2.05) is 32.8 Å². The maximum Gasteiger partial charge on any atom is 0.261 e. The van der Waals surface area contributed by atoms with Crippen LogP contribution >= 0.6 is 0 Å². The molecule has 0 spiro atoms. The van der Waals surface area contributed by atoms with Crippen LogP contribution in [-0.2, 0) is 0 Å². The first-order valence-electron chi connectivity index (χ1n) is 6.75. The van der Waals surface area contributed by atoms with Crippen LogP contribution in [0.5, 0.6) is 0 Å². The zero-order valence-corrected chi connectivity index (χ0v) is 12.4. The summed E-state index contributed by atoms with van der Waals surface area (Å²) in [4.78, 5) is 28.4.